The maximum absolute atomic E-state index is 15.1. The fraction of sp³-hybridized carbons (Fsp3) is 0.704. The average Bonchev–Trinajstić information content (AvgIpc) is 2.76. The molecule has 1 nitrogen and oxygen atoms in total. The molecule has 1 saturated heterocycles. The van der Waals surface area contributed by atoms with E-state index in [1.807, 2.05) is 13.0 Å². The van der Waals surface area contributed by atoms with Crippen molar-refractivity contribution in [3.8, 4) is 0 Å². The molecule has 2 fully saturated rings. The van der Waals surface area contributed by atoms with Gasteiger partial charge in [0.05, 0.1) is 12.7 Å². The molecule has 0 radical (unpaired) electrons. The minimum Gasteiger partial charge on any atom is -0.373 e. The third-order valence-electron chi connectivity index (χ3n) is 7.41. The van der Waals surface area contributed by atoms with Gasteiger partial charge in [-0.3, -0.25) is 0 Å². The van der Waals surface area contributed by atoms with Crippen LogP contribution in [0.1, 0.15) is 107 Å². The molecule has 2 atom stereocenters. The zero-order valence-corrected chi connectivity index (χ0v) is 18.9. The van der Waals surface area contributed by atoms with E-state index < -0.39 is 0 Å². The highest BCUT2D eigenvalue weighted by Gasteiger charge is 2.26. The van der Waals surface area contributed by atoms with E-state index in [1.54, 1.807) is 0 Å². The molecule has 1 aliphatic carbocycles. The molecule has 1 aliphatic heterocycles. The molecule has 0 spiro atoms. The minimum atomic E-state index is -0.0709. The lowest BCUT2D eigenvalue weighted by Crippen LogP contribution is -2.21. The normalized spacial score (nSPS) is 28.1. The van der Waals surface area contributed by atoms with Crippen LogP contribution in [0.25, 0.3) is 6.08 Å². The Kier molecular flexibility index (Phi) is 8.78. The van der Waals surface area contributed by atoms with Crippen LogP contribution in [0.2, 0.25) is 0 Å². The standard InChI is InChI=1S/C27H41FO/c1-4-6-7-8-23-14-18-26(29-19-23)25-17-16-24(20(3)27(25)28)15-13-22-11-9-21(5-2)10-12-22/h13,15-17,21-23,26H,4-12,14,18-19H2,1-3H3/b15-13+. The van der Waals surface area contributed by atoms with Crippen molar-refractivity contribution < 1.29 is 9.13 Å². The number of hydrogen-bond acceptors (Lipinski definition) is 1. The van der Waals surface area contributed by atoms with Crippen molar-refractivity contribution in [1.29, 1.82) is 0 Å². The van der Waals surface area contributed by atoms with Crippen LogP contribution in [-0.4, -0.2) is 6.61 Å². The van der Waals surface area contributed by atoms with E-state index in [4.69, 9.17) is 4.74 Å². The topological polar surface area (TPSA) is 9.23 Å². The lowest BCUT2D eigenvalue weighted by Gasteiger charge is -2.30. The highest BCUT2D eigenvalue weighted by atomic mass is 19.1. The Hall–Kier alpha value is -1.15. The number of unbranched alkanes of at least 4 members (excludes halogenated alkanes) is 2. The SMILES string of the molecule is CCCCCC1CCC(c2ccc(/C=C/C3CCC(CC)CC3)c(C)c2F)OC1. The lowest BCUT2D eigenvalue weighted by atomic mass is 9.80. The summed E-state index contributed by atoms with van der Waals surface area (Å²) in [5, 5.41) is 0. The van der Waals surface area contributed by atoms with Gasteiger partial charge >= 0.3 is 0 Å². The second kappa shape index (κ2) is 11.3. The molecule has 0 amide bonds. The van der Waals surface area contributed by atoms with Gasteiger partial charge in [-0.25, -0.2) is 4.39 Å². The maximum Gasteiger partial charge on any atom is 0.132 e. The fourth-order valence-electron chi connectivity index (χ4n) is 5.14. The monoisotopic (exact) mass is 400 g/mol. The number of ether oxygens (including phenoxy) is 1. The number of hydrogen-bond donors (Lipinski definition) is 0. The summed E-state index contributed by atoms with van der Waals surface area (Å²) >= 11 is 0. The van der Waals surface area contributed by atoms with Gasteiger partial charge in [0.25, 0.3) is 0 Å². The van der Waals surface area contributed by atoms with Gasteiger partial charge in [0.2, 0.25) is 0 Å². The van der Waals surface area contributed by atoms with Gasteiger partial charge in [0, 0.05) is 5.56 Å². The maximum atomic E-state index is 15.1. The van der Waals surface area contributed by atoms with Crippen molar-refractivity contribution in [3.05, 3.63) is 40.7 Å². The largest absolute Gasteiger partial charge is 0.373 e. The van der Waals surface area contributed by atoms with Gasteiger partial charge in [-0.05, 0) is 80.8 Å². The van der Waals surface area contributed by atoms with E-state index in [9.17, 15) is 0 Å². The van der Waals surface area contributed by atoms with Gasteiger partial charge in [-0.2, -0.15) is 0 Å². The Morgan fingerprint density at radius 1 is 1.00 bits per heavy atom. The Bertz CT molecular complexity index is 649. The average molecular weight is 401 g/mol. The van der Waals surface area contributed by atoms with Crippen LogP contribution < -0.4 is 0 Å². The number of rotatable bonds is 8. The molecule has 2 unspecified atom stereocenters. The molecule has 1 saturated carbocycles. The predicted molar refractivity (Wildman–Crippen MR) is 121 cm³/mol. The molecule has 2 aliphatic rings. The summed E-state index contributed by atoms with van der Waals surface area (Å²) in [6.07, 6.45) is 18.2. The van der Waals surface area contributed by atoms with Crippen molar-refractivity contribution >= 4 is 6.08 Å². The van der Waals surface area contributed by atoms with Gasteiger partial charge in [-0.15, -0.1) is 0 Å². The Balaban J connectivity index is 1.56. The Labute approximate surface area is 178 Å². The smallest absolute Gasteiger partial charge is 0.132 e. The van der Waals surface area contributed by atoms with E-state index in [0.29, 0.717) is 11.8 Å². The van der Waals surface area contributed by atoms with Crippen molar-refractivity contribution in [1.82, 2.24) is 0 Å². The van der Waals surface area contributed by atoms with Gasteiger partial charge in [-0.1, -0.05) is 63.8 Å². The third-order valence-corrected chi connectivity index (χ3v) is 7.41. The van der Waals surface area contributed by atoms with Crippen molar-refractivity contribution in [3.63, 3.8) is 0 Å². The molecule has 1 heterocycles. The first-order valence-corrected chi connectivity index (χ1v) is 12.2. The summed E-state index contributed by atoms with van der Waals surface area (Å²) in [5.74, 6) is 2.18. The van der Waals surface area contributed by atoms with E-state index in [0.717, 1.165) is 42.1 Å². The minimum absolute atomic E-state index is 0.0590. The molecule has 3 rings (SSSR count). The van der Waals surface area contributed by atoms with Crippen LogP contribution in [0.3, 0.4) is 0 Å². The molecule has 2 heteroatoms. The second-order valence-corrected chi connectivity index (χ2v) is 9.49. The molecule has 1 aromatic carbocycles. The quantitative estimate of drug-likeness (QED) is 0.398. The summed E-state index contributed by atoms with van der Waals surface area (Å²) in [6.45, 7) is 7.25. The van der Waals surface area contributed by atoms with E-state index >= 15 is 4.39 Å². The third kappa shape index (κ3) is 6.17. The Morgan fingerprint density at radius 2 is 1.76 bits per heavy atom. The first kappa shape index (κ1) is 22.5. The van der Waals surface area contributed by atoms with Crippen LogP contribution in [0.15, 0.2) is 18.2 Å². The molecular formula is C27H41FO. The van der Waals surface area contributed by atoms with Crippen LogP contribution in [0, 0.1) is 30.5 Å². The van der Waals surface area contributed by atoms with Gasteiger partial charge in [0.1, 0.15) is 5.82 Å². The summed E-state index contributed by atoms with van der Waals surface area (Å²) < 4.78 is 21.2. The summed E-state index contributed by atoms with van der Waals surface area (Å²) in [7, 11) is 0. The highest BCUT2D eigenvalue weighted by Crippen LogP contribution is 2.36. The predicted octanol–water partition coefficient (Wildman–Crippen LogP) is 8.41. The summed E-state index contributed by atoms with van der Waals surface area (Å²) in [4.78, 5) is 0. The van der Waals surface area contributed by atoms with Crippen molar-refractivity contribution in [2.75, 3.05) is 6.61 Å². The van der Waals surface area contributed by atoms with E-state index in [2.05, 4.69) is 32.1 Å². The summed E-state index contributed by atoms with van der Waals surface area (Å²) in [6, 6.07) is 4.07. The van der Waals surface area contributed by atoms with Crippen LogP contribution >= 0.6 is 0 Å². The lowest BCUT2D eigenvalue weighted by molar-refractivity contribution is -0.0216. The van der Waals surface area contributed by atoms with Crippen LogP contribution in [-0.2, 0) is 4.74 Å². The molecule has 0 bridgehead atoms. The molecule has 0 N–H and O–H groups in total. The highest BCUT2D eigenvalue weighted by molar-refractivity contribution is 5.55. The first-order chi connectivity index (χ1) is 14.1. The number of benzene rings is 1. The fourth-order valence-corrected chi connectivity index (χ4v) is 5.14. The summed E-state index contributed by atoms with van der Waals surface area (Å²) in [5.41, 5.74) is 2.56. The zero-order valence-electron chi connectivity index (χ0n) is 18.9. The van der Waals surface area contributed by atoms with Gasteiger partial charge < -0.3 is 4.74 Å². The second-order valence-electron chi connectivity index (χ2n) is 9.49. The number of allylic oxidation sites excluding steroid dienone is 1. The molecule has 29 heavy (non-hydrogen) atoms. The van der Waals surface area contributed by atoms with Crippen LogP contribution in [0.4, 0.5) is 4.39 Å². The van der Waals surface area contributed by atoms with Crippen molar-refractivity contribution in [2.45, 2.75) is 97.5 Å². The van der Waals surface area contributed by atoms with E-state index in [1.165, 1.54) is 57.8 Å². The molecule has 1 aromatic rings. The molecule has 0 aromatic heterocycles. The zero-order chi connectivity index (χ0) is 20.6. The molecular weight excluding hydrogens is 359 g/mol. The van der Waals surface area contributed by atoms with Gasteiger partial charge in [0.15, 0.2) is 0 Å². The number of halogens is 1. The van der Waals surface area contributed by atoms with Crippen molar-refractivity contribution in [2.24, 2.45) is 17.8 Å². The first-order valence-electron chi connectivity index (χ1n) is 12.2. The Morgan fingerprint density at radius 3 is 2.41 bits per heavy atom. The van der Waals surface area contributed by atoms with Crippen LogP contribution in [0.5, 0.6) is 0 Å². The molecule has 162 valence electrons. The van der Waals surface area contributed by atoms with E-state index in [-0.39, 0.29) is 11.9 Å².